The van der Waals surface area contributed by atoms with Crippen LogP contribution in [0.2, 0.25) is 0 Å². The Hall–Kier alpha value is 2.18. The summed E-state index contributed by atoms with van der Waals surface area (Å²) in [7, 11) is -5.17. The molecule has 0 radical (unpaired) electrons. The zero-order valence-corrected chi connectivity index (χ0v) is 43.0. The van der Waals surface area contributed by atoms with E-state index in [-0.39, 0.29) is 130 Å². The van der Waals surface area contributed by atoms with Crippen LogP contribution in [-0.2, 0) is 10.4 Å². The molecular weight excluding hydrogens is 778 g/mol. The first-order valence-corrected chi connectivity index (χ1v) is 19.5. The predicted molar refractivity (Wildman–Crippen MR) is 207 cm³/mol. The molecule has 0 amide bonds. The van der Waals surface area contributed by atoms with Crippen molar-refractivity contribution in [2.45, 2.75) is 158 Å². The largest absolute Gasteiger partial charge is 1.00 e. The molecule has 51 heavy (non-hydrogen) atoms. The van der Waals surface area contributed by atoms with Crippen LogP contribution in [-0.4, -0.2) is 112 Å². The maximum absolute atomic E-state index is 8.56. The van der Waals surface area contributed by atoms with Gasteiger partial charge in [0, 0.05) is 10.4 Å². The van der Waals surface area contributed by atoms with Crippen molar-refractivity contribution < 1.29 is 162 Å². The molecule has 0 heterocycles. The first-order chi connectivity index (χ1) is 21.9. The first kappa shape index (κ1) is 74.2. The molecule has 0 saturated carbocycles. The number of unbranched alkanes of at least 4 members (excludes halogenated alkanes) is 8. The van der Waals surface area contributed by atoms with E-state index < -0.39 is 22.7 Å². The molecule has 0 aromatic heterocycles. The molecule has 308 valence electrons. The summed E-state index contributed by atoms with van der Waals surface area (Å²) >= 11 is 0. The monoisotopic (exact) mass is 856 g/mol. The summed E-state index contributed by atoms with van der Waals surface area (Å²) in [4.78, 5) is 17.1. The first-order valence-electron chi connectivity index (χ1n) is 18.2. The van der Waals surface area contributed by atoms with Crippen molar-refractivity contribution in [3.05, 3.63) is 0 Å². The summed E-state index contributed by atoms with van der Waals surface area (Å²) in [6, 6.07) is 0. The maximum atomic E-state index is 8.56. The van der Waals surface area contributed by atoms with Crippen molar-refractivity contribution in [1.82, 2.24) is 0 Å². The van der Waals surface area contributed by atoms with E-state index in [1.807, 2.05) is 0 Å². The van der Waals surface area contributed by atoms with Crippen LogP contribution in [0, 0.1) is 0 Å². The van der Waals surface area contributed by atoms with E-state index in [4.69, 9.17) is 47.5 Å². The van der Waals surface area contributed by atoms with Gasteiger partial charge < -0.3 is 41.4 Å². The molecule has 0 unspecified atom stereocenters. The van der Waals surface area contributed by atoms with Crippen LogP contribution in [0.1, 0.15) is 161 Å². The Morgan fingerprint density at radius 1 is 0.431 bits per heavy atom. The summed E-state index contributed by atoms with van der Waals surface area (Å²) in [5, 5.41) is 27.9. The summed E-state index contributed by atoms with van der Waals surface area (Å²) in [5.74, 6) is 0. The molecule has 0 fully saturated rings. The average Bonchev–Trinajstić information content (AvgIpc) is 2.98. The van der Waals surface area contributed by atoms with Gasteiger partial charge in [-0.3, -0.25) is 8.42 Å². The summed E-state index contributed by atoms with van der Waals surface area (Å²) in [5.41, 5.74) is 0. The predicted octanol–water partition coefficient (Wildman–Crippen LogP) is 4.19. The van der Waals surface area contributed by atoms with E-state index in [1.165, 1.54) is 164 Å². The van der Waals surface area contributed by atoms with Gasteiger partial charge in [0.15, 0.2) is 0 Å². The van der Waals surface area contributed by atoms with E-state index in [2.05, 4.69) is 55.4 Å². The maximum Gasteiger partial charge on any atom is 1.00 e. The van der Waals surface area contributed by atoms with Gasteiger partial charge in [-0.1, -0.05) is 107 Å². The zero-order chi connectivity index (χ0) is 37.6. The molecule has 0 aliphatic carbocycles. The molecule has 0 aliphatic rings. The van der Waals surface area contributed by atoms with Crippen LogP contribution in [0.25, 0.3) is 0 Å². The van der Waals surface area contributed by atoms with Crippen molar-refractivity contribution >= 4 is 47.5 Å². The van der Waals surface area contributed by atoms with Crippen LogP contribution in [0.4, 0.5) is 9.59 Å². The minimum Gasteiger partial charge on any atom is -1.00 e. The number of quaternary nitrogens is 2. The van der Waals surface area contributed by atoms with Crippen LogP contribution in [0.15, 0.2) is 0 Å². The number of nitrogens with zero attached hydrogens (tertiary/aromatic N) is 2. The Bertz CT molecular complexity index is 666. The number of carboxylic acid groups (broad SMARTS) is 4. The standard InChI is InChI=1S/2C16H36N.2CH2O3.2ClH.2K.H2O4S.2H/c2*1-5-9-13-17(14-10-6-2,15-11-7-3)16-12-8-4;2*2-1(3)4;;;;;1-5(2,3)4;;/h2*5-16H2,1-4H3;2*(H2,2,3,4);2*1H;;;(H2,1,2,3,4);;/q2*+1;;;;;2*+1;;2*-1/p-2. The van der Waals surface area contributed by atoms with E-state index in [0.717, 1.165) is 0 Å². The molecule has 0 saturated heterocycles. The second kappa shape index (κ2) is 54.3. The van der Waals surface area contributed by atoms with Crippen molar-refractivity contribution in [2.75, 3.05) is 52.4 Å². The van der Waals surface area contributed by atoms with Gasteiger partial charge in [0.25, 0.3) is 0 Å². The van der Waals surface area contributed by atoms with E-state index in [0.29, 0.717) is 0 Å². The number of hydrogen-bond acceptors (Lipinski definition) is 6. The van der Waals surface area contributed by atoms with E-state index in [9.17, 15) is 0 Å². The average molecular weight is 858 g/mol. The molecule has 0 rings (SSSR count). The summed E-state index contributed by atoms with van der Waals surface area (Å²) < 4.78 is 36.9. The number of halogens is 2. The minimum atomic E-state index is -5.17. The second-order valence-electron chi connectivity index (χ2n) is 12.3. The van der Waals surface area contributed by atoms with Gasteiger partial charge in [0.2, 0.25) is 0 Å². The third-order valence-electron chi connectivity index (χ3n) is 7.89. The summed E-state index contributed by atoms with van der Waals surface area (Å²) in [6.45, 7) is 30.0. The Kier molecular flexibility index (Phi) is 79.0. The molecule has 0 bridgehead atoms. The molecular formula is C34H80Cl2K2N2O10S. The van der Waals surface area contributed by atoms with Gasteiger partial charge in [-0.05, 0) is 51.4 Å². The van der Waals surface area contributed by atoms with Gasteiger partial charge in [-0.25, -0.2) is 9.59 Å². The number of carbonyl (C=O) groups is 2. The van der Waals surface area contributed by atoms with E-state index in [1.54, 1.807) is 0 Å². The molecule has 0 atom stereocenters. The van der Waals surface area contributed by atoms with Crippen molar-refractivity contribution in [3.63, 3.8) is 0 Å². The van der Waals surface area contributed by atoms with E-state index >= 15 is 0 Å². The molecule has 0 aromatic rings. The zero-order valence-electron chi connectivity index (χ0n) is 36.3. The minimum absolute atomic E-state index is 0. The van der Waals surface area contributed by atoms with Crippen LogP contribution in [0.5, 0.6) is 0 Å². The van der Waals surface area contributed by atoms with Gasteiger partial charge >= 0.3 is 115 Å². The van der Waals surface area contributed by atoms with Crippen LogP contribution >= 0.6 is 24.8 Å². The Morgan fingerprint density at radius 2 is 0.510 bits per heavy atom. The van der Waals surface area contributed by atoms with Gasteiger partial charge in [0.1, 0.15) is 0 Å². The van der Waals surface area contributed by atoms with Crippen LogP contribution < -0.4 is 103 Å². The third kappa shape index (κ3) is 73.9. The quantitative estimate of drug-likeness (QED) is 0.0473. The van der Waals surface area contributed by atoms with Crippen molar-refractivity contribution in [3.8, 4) is 0 Å². The van der Waals surface area contributed by atoms with Gasteiger partial charge in [-0.2, -0.15) is 0 Å². The molecule has 4 N–H and O–H groups in total. The Balaban J connectivity index is -0.0000000511. The number of rotatable bonds is 24. The SMILES string of the molecule is CCCC[N+](CCCC)(CCCC)CCCC.CCCC[N+](CCCC)(CCCC)CCCC.Cl.Cl.O=C(O)O.O=C(O)O.O=S(=O)([O-])[O-].[H-].[H-].[K+].[K+]. The molecule has 0 aromatic carbocycles. The third-order valence-corrected chi connectivity index (χ3v) is 7.89. The smallest absolute Gasteiger partial charge is 1.00 e. The fourth-order valence-corrected chi connectivity index (χ4v) is 5.29. The molecule has 0 aliphatic heterocycles. The topological polar surface area (TPSA) is 195 Å². The van der Waals surface area contributed by atoms with Gasteiger partial charge in [0.05, 0.1) is 52.4 Å². The summed E-state index contributed by atoms with van der Waals surface area (Å²) in [6.07, 6.45) is 18.5. The van der Waals surface area contributed by atoms with Crippen molar-refractivity contribution in [2.24, 2.45) is 0 Å². The van der Waals surface area contributed by atoms with Crippen LogP contribution in [0.3, 0.4) is 0 Å². The molecule has 17 heteroatoms. The van der Waals surface area contributed by atoms with Crippen molar-refractivity contribution in [1.29, 1.82) is 0 Å². The molecule has 12 nitrogen and oxygen atoms in total. The Morgan fingerprint density at radius 3 is 0.569 bits per heavy atom. The molecule has 0 spiro atoms. The second-order valence-corrected chi connectivity index (χ2v) is 13.1. The fourth-order valence-electron chi connectivity index (χ4n) is 5.29. The number of hydrogen-bond donors (Lipinski definition) is 4. The fraction of sp³-hybridized carbons (Fsp3) is 0.941. The van der Waals surface area contributed by atoms with Gasteiger partial charge in [-0.15, -0.1) is 24.8 Å². The normalized spacial score (nSPS) is 10.1. The Labute approximate surface area is 414 Å².